The second-order valence-corrected chi connectivity index (χ2v) is 4.95. The highest BCUT2D eigenvalue weighted by atomic mass is 16.5. The van der Waals surface area contributed by atoms with Crippen molar-refractivity contribution in [3.63, 3.8) is 0 Å². The van der Waals surface area contributed by atoms with Crippen molar-refractivity contribution in [2.24, 2.45) is 0 Å². The van der Waals surface area contributed by atoms with Gasteiger partial charge in [0, 0.05) is 11.3 Å². The van der Waals surface area contributed by atoms with E-state index in [1.807, 2.05) is 0 Å². The maximum Gasteiger partial charge on any atom is 0.255 e. The topological polar surface area (TPSA) is 122 Å². The average Bonchev–Trinajstić information content (AvgIpc) is 2.69. The van der Waals surface area contributed by atoms with Crippen molar-refractivity contribution < 1.29 is 9.53 Å². The van der Waals surface area contributed by atoms with Crippen LogP contribution in [0.25, 0.3) is 0 Å². The minimum Gasteiger partial charge on any atom is -0.495 e. The Balaban J connectivity index is 2.34. The Morgan fingerprint density at radius 3 is 2.23 bits per heavy atom. The molecule has 0 atom stereocenters. The van der Waals surface area contributed by atoms with Gasteiger partial charge in [-0.15, -0.1) is 0 Å². The van der Waals surface area contributed by atoms with Crippen molar-refractivity contribution in [3.8, 4) is 24.0 Å². The zero-order valence-electron chi connectivity index (χ0n) is 13.8. The van der Waals surface area contributed by atoms with E-state index in [1.165, 1.54) is 7.11 Å². The summed E-state index contributed by atoms with van der Waals surface area (Å²) in [5.41, 5.74) is 0.744. The van der Waals surface area contributed by atoms with Crippen molar-refractivity contribution in [1.82, 2.24) is 0 Å². The van der Waals surface area contributed by atoms with Crippen LogP contribution in [-0.2, 0) is 0 Å². The van der Waals surface area contributed by atoms with Crippen molar-refractivity contribution in [2.75, 3.05) is 17.7 Å². The van der Waals surface area contributed by atoms with E-state index in [2.05, 4.69) is 10.6 Å². The molecule has 2 N–H and O–H groups in total. The summed E-state index contributed by atoms with van der Waals surface area (Å²) in [5.74, 6) is 0.0925. The molecule has 0 heterocycles. The molecule has 0 saturated heterocycles. The van der Waals surface area contributed by atoms with Crippen molar-refractivity contribution >= 4 is 17.3 Å². The minimum atomic E-state index is -0.335. The molecule has 1 amide bonds. The molecule has 7 nitrogen and oxygen atoms in total. The van der Waals surface area contributed by atoms with Gasteiger partial charge in [-0.1, -0.05) is 18.2 Å². The molecule has 0 aliphatic heterocycles. The van der Waals surface area contributed by atoms with E-state index >= 15 is 0 Å². The third kappa shape index (κ3) is 4.17. The predicted octanol–water partition coefficient (Wildman–Crippen LogP) is 3.18. The number of hydrogen-bond acceptors (Lipinski definition) is 6. The molecule has 0 unspecified atom stereocenters. The Bertz CT molecular complexity index is 960. The maximum absolute atomic E-state index is 12.3. The smallest absolute Gasteiger partial charge is 0.255 e. The number of methoxy groups -OCH3 is 1. The van der Waals surface area contributed by atoms with Crippen LogP contribution in [0.1, 0.15) is 10.4 Å². The van der Waals surface area contributed by atoms with Gasteiger partial charge < -0.3 is 15.4 Å². The van der Waals surface area contributed by atoms with Gasteiger partial charge in [0.2, 0.25) is 0 Å². The number of nitrogens with one attached hydrogen (secondary N) is 2. The van der Waals surface area contributed by atoms with Gasteiger partial charge in [-0.3, -0.25) is 4.79 Å². The number of amides is 1. The Labute approximate surface area is 150 Å². The molecule has 0 aliphatic rings. The van der Waals surface area contributed by atoms with E-state index in [1.54, 1.807) is 66.7 Å². The van der Waals surface area contributed by atoms with Crippen LogP contribution >= 0.6 is 0 Å². The minimum absolute atomic E-state index is 0.180. The SMILES string of the molecule is COc1ccc(NC(C#N)=C(C#N)C#N)cc1NC(=O)c1ccccc1. The number of carbonyl (C=O) groups excluding carboxylic acids is 1. The molecule has 0 radical (unpaired) electrons. The van der Waals surface area contributed by atoms with E-state index in [0.29, 0.717) is 22.7 Å². The van der Waals surface area contributed by atoms with E-state index in [0.717, 1.165) is 0 Å². The van der Waals surface area contributed by atoms with Crippen LogP contribution in [-0.4, -0.2) is 13.0 Å². The summed E-state index contributed by atoms with van der Waals surface area (Å²) in [6, 6.07) is 18.5. The summed E-state index contributed by atoms with van der Waals surface area (Å²) in [5, 5.41) is 32.3. The second-order valence-electron chi connectivity index (χ2n) is 4.95. The second kappa shape index (κ2) is 8.54. The highest BCUT2D eigenvalue weighted by molar-refractivity contribution is 6.05. The van der Waals surface area contributed by atoms with E-state index < -0.39 is 0 Å². The first kappa shape index (κ1) is 18.1. The molecule has 2 aromatic carbocycles. The molecule has 0 fully saturated rings. The average molecular weight is 343 g/mol. The lowest BCUT2D eigenvalue weighted by Crippen LogP contribution is -2.13. The molecule has 2 aromatic rings. The van der Waals surface area contributed by atoms with Crippen LogP contribution in [0.4, 0.5) is 11.4 Å². The lowest BCUT2D eigenvalue weighted by molar-refractivity contribution is 0.102. The molecule has 0 aliphatic carbocycles. The number of nitriles is 3. The van der Waals surface area contributed by atoms with Gasteiger partial charge in [0.1, 0.15) is 29.7 Å². The maximum atomic E-state index is 12.3. The van der Waals surface area contributed by atoms with E-state index in [-0.39, 0.29) is 17.2 Å². The summed E-state index contributed by atoms with van der Waals surface area (Å²) >= 11 is 0. The largest absolute Gasteiger partial charge is 0.495 e. The molecule has 0 aromatic heterocycles. The van der Waals surface area contributed by atoms with E-state index in [9.17, 15) is 4.79 Å². The first-order chi connectivity index (χ1) is 12.6. The molecule has 26 heavy (non-hydrogen) atoms. The summed E-state index contributed by atoms with van der Waals surface area (Å²) < 4.78 is 5.23. The Morgan fingerprint density at radius 2 is 1.65 bits per heavy atom. The van der Waals surface area contributed by atoms with E-state index in [4.69, 9.17) is 20.5 Å². The highest BCUT2D eigenvalue weighted by Gasteiger charge is 2.12. The van der Waals surface area contributed by atoms with Gasteiger partial charge in [-0.05, 0) is 30.3 Å². The van der Waals surface area contributed by atoms with Crippen LogP contribution in [0.3, 0.4) is 0 Å². The molecule has 0 saturated carbocycles. The lowest BCUT2D eigenvalue weighted by atomic mass is 10.2. The monoisotopic (exact) mass is 343 g/mol. The predicted molar refractivity (Wildman–Crippen MR) is 94.9 cm³/mol. The van der Waals surface area contributed by atoms with Gasteiger partial charge in [0.25, 0.3) is 5.91 Å². The Morgan fingerprint density at radius 1 is 0.962 bits per heavy atom. The third-order valence-corrected chi connectivity index (χ3v) is 3.34. The van der Waals surface area contributed by atoms with Crippen LogP contribution in [0, 0.1) is 34.0 Å². The standard InChI is InChI=1S/C19H13N5O2/c1-26-18-8-7-15(23-17(12-22)14(10-20)11-21)9-16(18)24-19(25)13-5-3-2-4-6-13/h2-9,23H,1H3,(H,24,25). The molecule has 2 rings (SSSR count). The van der Waals surface area contributed by atoms with Crippen LogP contribution in [0.15, 0.2) is 59.8 Å². The van der Waals surface area contributed by atoms with Crippen molar-refractivity contribution in [2.45, 2.75) is 0 Å². The van der Waals surface area contributed by atoms with Gasteiger partial charge in [0.05, 0.1) is 12.8 Å². The van der Waals surface area contributed by atoms with Crippen LogP contribution in [0.2, 0.25) is 0 Å². The molecule has 7 heteroatoms. The first-order valence-electron chi connectivity index (χ1n) is 7.39. The molecule has 0 bridgehead atoms. The third-order valence-electron chi connectivity index (χ3n) is 3.34. The fraction of sp³-hybridized carbons (Fsp3) is 0.0526. The van der Waals surface area contributed by atoms with Crippen LogP contribution in [0.5, 0.6) is 5.75 Å². The molecular formula is C19H13N5O2. The fourth-order valence-electron chi connectivity index (χ4n) is 2.09. The van der Waals surface area contributed by atoms with Crippen LogP contribution < -0.4 is 15.4 Å². The number of carbonyl (C=O) groups is 1. The normalized spacial score (nSPS) is 9.00. The Kier molecular flexibility index (Phi) is 5.93. The molecular weight excluding hydrogens is 330 g/mol. The van der Waals surface area contributed by atoms with Gasteiger partial charge in [-0.2, -0.15) is 15.8 Å². The number of allylic oxidation sites excluding steroid dienone is 2. The summed E-state index contributed by atoms with van der Waals surface area (Å²) in [7, 11) is 1.46. The molecule has 126 valence electrons. The zero-order valence-corrected chi connectivity index (χ0v) is 13.8. The van der Waals surface area contributed by atoms with Gasteiger partial charge in [0.15, 0.2) is 5.57 Å². The van der Waals surface area contributed by atoms with Gasteiger partial charge >= 0.3 is 0 Å². The molecule has 0 spiro atoms. The zero-order chi connectivity index (χ0) is 18.9. The Hall–Kier alpha value is -4.28. The highest BCUT2D eigenvalue weighted by Crippen LogP contribution is 2.29. The number of rotatable bonds is 5. The quantitative estimate of drug-likeness (QED) is 0.804. The summed E-state index contributed by atoms with van der Waals surface area (Å²) in [6.07, 6.45) is 0. The number of hydrogen-bond donors (Lipinski definition) is 2. The lowest BCUT2D eigenvalue weighted by Gasteiger charge is -2.13. The number of benzene rings is 2. The van der Waals surface area contributed by atoms with Gasteiger partial charge in [-0.25, -0.2) is 0 Å². The summed E-state index contributed by atoms with van der Waals surface area (Å²) in [6.45, 7) is 0. The van der Waals surface area contributed by atoms with Crippen molar-refractivity contribution in [1.29, 1.82) is 15.8 Å². The number of ether oxygens (including phenoxy) is 1. The van der Waals surface area contributed by atoms with Crippen molar-refractivity contribution in [3.05, 3.63) is 65.4 Å². The number of nitrogens with zero attached hydrogens (tertiary/aromatic N) is 3. The summed E-state index contributed by atoms with van der Waals surface area (Å²) in [4.78, 5) is 12.3. The fourth-order valence-corrected chi connectivity index (χ4v) is 2.09. The first-order valence-corrected chi connectivity index (χ1v) is 7.39. The number of anilines is 2.